The van der Waals surface area contributed by atoms with Crippen molar-refractivity contribution in [2.24, 2.45) is 0 Å². The number of halogens is 1. The van der Waals surface area contributed by atoms with Crippen LogP contribution >= 0.6 is 24.8 Å². The highest BCUT2D eigenvalue weighted by atomic mass is 32.1. The van der Waals surface area contributed by atoms with Crippen LogP contribution < -0.4 is 5.32 Å². The highest BCUT2D eigenvalue weighted by Gasteiger charge is 2.04. The molecule has 0 unspecified atom stereocenters. The zero-order chi connectivity index (χ0) is 12.3. The molecule has 0 atom stereocenters. The molecule has 0 amide bonds. The van der Waals surface area contributed by atoms with E-state index in [1.807, 2.05) is 12.1 Å². The standard InChI is InChI=1S/C12H9FN2S2/c13-9-5-4-8(7-11(9)16)15-12(17)10-3-1-2-6-14-10/h1-7,16H,(H,15,17). The number of hydrogen-bond donors (Lipinski definition) is 2. The van der Waals surface area contributed by atoms with E-state index in [9.17, 15) is 4.39 Å². The highest BCUT2D eigenvalue weighted by Crippen LogP contribution is 2.18. The van der Waals surface area contributed by atoms with Crippen molar-refractivity contribution < 1.29 is 4.39 Å². The van der Waals surface area contributed by atoms with Crippen LogP contribution in [-0.2, 0) is 0 Å². The summed E-state index contributed by atoms with van der Waals surface area (Å²) in [4.78, 5) is 4.89. The number of pyridine rings is 1. The van der Waals surface area contributed by atoms with Crippen LogP contribution in [0.1, 0.15) is 5.69 Å². The molecule has 2 nitrogen and oxygen atoms in total. The van der Waals surface area contributed by atoms with Gasteiger partial charge in [0.25, 0.3) is 0 Å². The van der Waals surface area contributed by atoms with Gasteiger partial charge >= 0.3 is 0 Å². The molecule has 1 aromatic carbocycles. The van der Waals surface area contributed by atoms with Crippen LogP contribution in [0.2, 0.25) is 0 Å². The fraction of sp³-hybridized carbons (Fsp3) is 0. The summed E-state index contributed by atoms with van der Waals surface area (Å²) in [6.07, 6.45) is 1.66. The number of thiol groups is 1. The molecule has 0 radical (unpaired) electrons. The maximum absolute atomic E-state index is 13.0. The average molecular weight is 264 g/mol. The maximum atomic E-state index is 13.0. The number of benzene rings is 1. The summed E-state index contributed by atoms with van der Waals surface area (Å²) in [5.41, 5.74) is 1.36. The highest BCUT2D eigenvalue weighted by molar-refractivity contribution is 7.81. The average Bonchev–Trinajstić information content (AvgIpc) is 2.35. The van der Waals surface area contributed by atoms with Crippen LogP contribution in [0.5, 0.6) is 0 Å². The van der Waals surface area contributed by atoms with Gasteiger partial charge in [0.1, 0.15) is 10.8 Å². The molecule has 0 saturated carbocycles. The number of thiocarbonyl (C=S) groups is 1. The van der Waals surface area contributed by atoms with E-state index in [4.69, 9.17) is 12.2 Å². The molecule has 17 heavy (non-hydrogen) atoms. The Morgan fingerprint density at radius 3 is 2.76 bits per heavy atom. The summed E-state index contributed by atoms with van der Waals surface area (Å²) in [7, 11) is 0. The predicted molar refractivity (Wildman–Crippen MR) is 73.2 cm³/mol. The van der Waals surface area contributed by atoms with Crippen molar-refractivity contribution in [2.75, 3.05) is 5.32 Å². The summed E-state index contributed by atoms with van der Waals surface area (Å²) >= 11 is 9.19. The number of aromatic nitrogens is 1. The lowest BCUT2D eigenvalue weighted by Gasteiger charge is -2.07. The molecule has 86 valence electrons. The van der Waals surface area contributed by atoms with Crippen molar-refractivity contribution in [3.8, 4) is 0 Å². The molecular weight excluding hydrogens is 255 g/mol. The van der Waals surface area contributed by atoms with Gasteiger partial charge in [-0.25, -0.2) is 4.39 Å². The van der Waals surface area contributed by atoms with Crippen LogP contribution in [0, 0.1) is 5.82 Å². The molecule has 0 fully saturated rings. The second-order valence-corrected chi connectivity index (χ2v) is 4.23. The molecule has 0 spiro atoms. The van der Waals surface area contributed by atoms with Gasteiger partial charge in [-0.3, -0.25) is 4.98 Å². The lowest BCUT2D eigenvalue weighted by atomic mass is 10.3. The number of anilines is 1. The van der Waals surface area contributed by atoms with Gasteiger partial charge in [0, 0.05) is 16.8 Å². The van der Waals surface area contributed by atoms with Crippen molar-refractivity contribution in [3.63, 3.8) is 0 Å². The SMILES string of the molecule is Fc1ccc(NC(=S)c2ccccn2)cc1S. The molecule has 1 N–H and O–H groups in total. The van der Waals surface area contributed by atoms with E-state index in [1.54, 1.807) is 24.4 Å². The summed E-state index contributed by atoms with van der Waals surface area (Å²) in [6, 6.07) is 9.99. The Bertz CT molecular complexity index is 543. The van der Waals surface area contributed by atoms with Crippen LogP contribution in [0.4, 0.5) is 10.1 Å². The third-order valence-corrected chi connectivity index (χ3v) is 2.76. The minimum atomic E-state index is -0.359. The van der Waals surface area contributed by atoms with Crippen LogP contribution in [0.3, 0.4) is 0 Å². The summed E-state index contributed by atoms with van der Waals surface area (Å²) < 4.78 is 13.0. The largest absolute Gasteiger partial charge is 0.345 e. The fourth-order valence-electron chi connectivity index (χ4n) is 1.28. The van der Waals surface area contributed by atoms with Crippen LogP contribution in [0.25, 0.3) is 0 Å². The minimum absolute atomic E-state index is 0.277. The molecule has 0 aliphatic carbocycles. The Hall–Kier alpha value is -1.46. The van der Waals surface area contributed by atoms with E-state index in [2.05, 4.69) is 22.9 Å². The number of nitrogens with zero attached hydrogens (tertiary/aromatic N) is 1. The Morgan fingerprint density at radius 1 is 1.29 bits per heavy atom. The van der Waals surface area contributed by atoms with E-state index in [0.29, 0.717) is 16.4 Å². The van der Waals surface area contributed by atoms with E-state index in [1.165, 1.54) is 6.07 Å². The minimum Gasteiger partial charge on any atom is -0.345 e. The molecule has 0 bridgehead atoms. The monoisotopic (exact) mass is 264 g/mol. The molecule has 1 heterocycles. The number of nitrogens with one attached hydrogen (secondary N) is 1. The smallest absolute Gasteiger partial charge is 0.136 e. The first-order valence-corrected chi connectivity index (χ1v) is 5.73. The molecule has 1 aromatic heterocycles. The fourth-order valence-corrected chi connectivity index (χ4v) is 1.73. The zero-order valence-corrected chi connectivity index (χ0v) is 10.4. The van der Waals surface area contributed by atoms with Gasteiger partial charge in [-0.05, 0) is 30.3 Å². The third kappa shape index (κ3) is 3.01. The van der Waals surface area contributed by atoms with Gasteiger partial charge in [0.15, 0.2) is 0 Å². The summed E-state index contributed by atoms with van der Waals surface area (Å²) in [6.45, 7) is 0. The van der Waals surface area contributed by atoms with Gasteiger partial charge in [-0.1, -0.05) is 18.3 Å². The quantitative estimate of drug-likeness (QED) is 0.643. The van der Waals surface area contributed by atoms with Crippen molar-refractivity contribution in [1.29, 1.82) is 0 Å². The molecule has 0 aliphatic heterocycles. The molecular formula is C12H9FN2S2. The molecule has 2 aromatic rings. The number of rotatable bonds is 2. The lowest BCUT2D eigenvalue weighted by molar-refractivity contribution is 0.603. The Labute approximate surface area is 109 Å². The topological polar surface area (TPSA) is 24.9 Å². The van der Waals surface area contributed by atoms with Crippen molar-refractivity contribution in [2.45, 2.75) is 4.90 Å². The Kier molecular flexibility index (Phi) is 3.71. The van der Waals surface area contributed by atoms with Crippen molar-refractivity contribution in [1.82, 2.24) is 4.98 Å². The first kappa shape index (κ1) is 12.0. The first-order valence-electron chi connectivity index (χ1n) is 4.88. The molecule has 5 heteroatoms. The summed E-state index contributed by atoms with van der Waals surface area (Å²) in [5, 5.41) is 2.98. The maximum Gasteiger partial charge on any atom is 0.136 e. The van der Waals surface area contributed by atoms with E-state index in [0.717, 1.165) is 0 Å². The van der Waals surface area contributed by atoms with Crippen molar-refractivity contribution >= 4 is 35.5 Å². The molecule has 0 saturated heterocycles. The van der Waals surface area contributed by atoms with E-state index in [-0.39, 0.29) is 10.7 Å². The van der Waals surface area contributed by atoms with Crippen LogP contribution in [-0.4, -0.2) is 9.97 Å². The number of hydrogen-bond acceptors (Lipinski definition) is 3. The van der Waals surface area contributed by atoms with Crippen LogP contribution in [0.15, 0.2) is 47.5 Å². The van der Waals surface area contributed by atoms with Crippen molar-refractivity contribution in [3.05, 3.63) is 54.1 Å². The molecule has 0 aliphatic rings. The van der Waals surface area contributed by atoms with Gasteiger partial charge in [-0.15, -0.1) is 12.6 Å². The summed E-state index contributed by atoms with van der Waals surface area (Å²) in [5.74, 6) is -0.359. The van der Waals surface area contributed by atoms with Gasteiger partial charge in [-0.2, -0.15) is 0 Å². The van der Waals surface area contributed by atoms with E-state index >= 15 is 0 Å². The lowest BCUT2D eigenvalue weighted by Crippen LogP contribution is -2.11. The Balaban J connectivity index is 2.16. The van der Waals surface area contributed by atoms with Gasteiger partial charge in [0.2, 0.25) is 0 Å². The normalized spacial score (nSPS) is 10.0. The molecule has 2 rings (SSSR count). The second kappa shape index (κ2) is 5.25. The van der Waals surface area contributed by atoms with Gasteiger partial charge in [0.05, 0.1) is 5.69 Å². The zero-order valence-electron chi connectivity index (χ0n) is 8.72. The second-order valence-electron chi connectivity index (χ2n) is 3.34. The van der Waals surface area contributed by atoms with E-state index < -0.39 is 0 Å². The third-order valence-electron chi connectivity index (χ3n) is 2.10. The van der Waals surface area contributed by atoms with Gasteiger partial charge < -0.3 is 5.32 Å². The Morgan fingerprint density at radius 2 is 2.12 bits per heavy atom. The predicted octanol–water partition coefficient (Wildman–Crippen LogP) is 3.30. The first-order chi connectivity index (χ1) is 8.16.